The fourth-order valence-corrected chi connectivity index (χ4v) is 2.82. The number of nitriles is 1. The molecule has 0 aliphatic carbocycles. The van der Waals surface area contributed by atoms with Crippen molar-refractivity contribution in [1.82, 2.24) is 5.32 Å². The highest BCUT2D eigenvalue weighted by atomic mass is 16.1. The standard InChI is InChI=1S/C23H21N3O/c1-17-6-5-9-20(12-17)23(27)26-16-21-11-10-19(14-24)13-22(21)25-15-18-7-3-2-4-8-18/h2-13,25H,15-16H2,1H3,(H,26,27). The summed E-state index contributed by atoms with van der Waals surface area (Å²) in [4.78, 5) is 12.4. The van der Waals surface area contributed by atoms with E-state index in [1.54, 1.807) is 12.1 Å². The quantitative estimate of drug-likeness (QED) is 0.688. The fraction of sp³-hybridized carbons (Fsp3) is 0.130. The van der Waals surface area contributed by atoms with Crippen LogP contribution in [0, 0.1) is 18.3 Å². The van der Waals surface area contributed by atoms with Crippen molar-refractivity contribution in [2.45, 2.75) is 20.0 Å². The van der Waals surface area contributed by atoms with E-state index in [9.17, 15) is 10.1 Å². The SMILES string of the molecule is Cc1cccc(C(=O)NCc2ccc(C#N)cc2NCc2ccccc2)c1. The largest absolute Gasteiger partial charge is 0.381 e. The molecule has 0 bridgehead atoms. The van der Waals surface area contributed by atoms with Gasteiger partial charge >= 0.3 is 0 Å². The number of hydrogen-bond donors (Lipinski definition) is 2. The Hall–Kier alpha value is -3.58. The van der Waals surface area contributed by atoms with Crippen LogP contribution >= 0.6 is 0 Å². The topological polar surface area (TPSA) is 64.9 Å². The van der Waals surface area contributed by atoms with Gasteiger partial charge in [-0.3, -0.25) is 4.79 Å². The minimum atomic E-state index is -0.114. The molecule has 3 aromatic carbocycles. The molecule has 0 aliphatic heterocycles. The first-order chi connectivity index (χ1) is 13.2. The summed E-state index contributed by atoms with van der Waals surface area (Å²) in [5.41, 5.74) is 5.20. The van der Waals surface area contributed by atoms with Crippen LogP contribution in [0.5, 0.6) is 0 Å². The summed E-state index contributed by atoms with van der Waals surface area (Å²) in [6.07, 6.45) is 0. The van der Waals surface area contributed by atoms with Gasteiger partial charge in [0, 0.05) is 24.3 Å². The summed E-state index contributed by atoms with van der Waals surface area (Å²) < 4.78 is 0. The zero-order valence-electron chi connectivity index (χ0n) is 15.2. The summed E-state index contributed by atoms with van der Waals surface area (Å²) >= 11 is 0. The second kappa shape index (κ2) is 8.68. The average Bonchev–Trinajstić information content (AvgIpc) is 2.71. The van der Waals surface area contributed by atoms with Crippen LogP contribution in [0.2, 0.25) is 0 Å². The number of carbonyl (C=O) groups excluding carboxylic acids is 1. The number of anilines is 1. The molecule has 0 saturated carbocycles. The second-order valence-electron chi connectivity index (χ2n) is 6.38. The zero-order chi connectivity index (χ0) is 19.1. The molecule has 3 rings (SSSR count). The first-order valence-corrected chi connectivity index (χ1v) is 8.81. The van der Waals surface area contributed by atoms with E-state index < -0.39 is 0 Å². The molecule has 0 spiro atoms. The van der Waals surface area contributed by atoms with Gasteiger partial charge in [0.2, 0.25) is 0 Å². The third-order valence-electron chi connectivity index (χ3n) is 4.28. The molecular weight excluding hydrogens is 334 g/mol. The number of hydrogen-bond acceptors (Lipinski definition) is 3. The van der Waals surface area contributed by atoms with Crippen molar-refractivity contribution >= 4 is 11.6 Å². The van der Waals surface area contributed by atoms with Crippen molar-refractivity contribution in [3.63, 3.8) is 0 Å². The van der Waals surface area contributed by atoms with Gasteiger partial charge < -0.3 is 10.6 Å². The summed E-state index contributed by atoms with van der Waals surface area (Å²) in [6.45, 7) is 2.99. The average molecular weight is 355 g/mol. The first kappa shape index (κ1) is 18.2. The highest BCUT2D eigenvalue weighted by Gasteiger charge is 2.09. The lowest BCUT2D eigenvalue weighted by atomic mass is 10.1. The van der Waals surface area contributed by atoms with Gasteiger partial charge in [-0.25, -0.2) is 0 Å². The predicted octanol–water partition coefficient (Wildman–Crippen LogP) is 4.41. The Morgan fingerprint density at radius 3 is 2.52 bits per heavy atom. The van der Waals surface area contributed by atoms with Crippen LogP contribution < -0.4 is 10.6 Å². The first-order valence-electron chi connectivity index (χ1n) is 8.81. The summed E-state index contributed by atoms with van der Waals surface area (Å²) in [5, 5.41) is 15.5. The minimum absolute atomic E-state index is 0.114. The maximum Gasteiger partial charge on any atom is 0.251 e. The molecule has 0 aliphatic rings. The van der Waals surface area contributed by atoms with E-state index in [0.717, 1.165) is 22.4 Å². The molecule has 1 amide bonds. The van der Waals surface area contributed by atoms with Gasteiger partial charge in [-0.1, -0.05) is 54.1 Å². The Labute approximate surface area is 159 Å². The van der Waals surface area contributed by atoms with Crippen LogP contribution in [0.25, 0.3) is 0 Å². The lowest BCUT2D eigenvalue weighted by molar-refractivity contribution is 0.0951. The molecule has 0 saturated heterocycles. The van der Waals surface area contributed by atoms with E-state index >= 15 is 0 Å². The van der Waals surface area contributed by atoms with E-state index in [-0.39, 0.29) is 5.91 Å². The van der Waals surface area contributed by atoms with Crippen LogP contribution in [0.4, 0.5) is 5.69 Å². The summed E-state index contributed by atoms with van der Waals surface area (Å²) in [5.74, 6) is -0.114. The lowest BCUT2D eigenvalue weighted by Gasteiger charge is -2.14. The van der Waals surface area contributed by atoms with E-state index in [0.29, 0.717) is 24.2 Å². The molecule has 4 nitrogen and oxygen atoms in total. The third-order valence-corrected chi connectivity index (χ3v) is 4.28. The molecule has 0 heterocycles. The highest BCUT2D eigenvalue weighted by molar-refractivity contribution is 5.94. The molecule has 4 heteroatoms. The molecule has 0 aromatic heterocycles. The molecule has 27 heavy (non-hydrogen) atoms. The molecule has 2 N–H and O–H groups in total. The van der Waals surface area contributed by atoms with Gasteiger partial charge in [0.25, 0.3) is 5.91 Å². The van der Waals surface area contributed by atoms with Crippen molar-refractivity contribution in [2.75, 3.05) is 5.32 Å². The monoisotopic (exact) mass is 355 g/mol. The third kappa shape index (κ3) is 4.96. The van der Waals surface area contributed by atoms with E-state index in [1.165, 1.54) is 0 Å². The smallest absolute Gasteiger partial charge is 0.251 e. The number of nitrogens with one attached hydrogen (secondary N) is 2. The van der Waals surface area contributed by atoms with E-state index in [2.05, 4.69) is 16.7 Å². The molecule has 134 valence electrons. The van der Waals surface area contributed by atoms with Crippen LogP contribution in [-0.2, 0) is 13.1 Å². The predicted molar refractivity (Wildman–Crippen MR) is 107 cm³/mol. The molecular formula is C23H21N3O. The van der Waals surface area contributed by atoms with Crippen molar-refractivity contribution in [2.24, 2.45) is 0 Å². The minimum Gasteiger partial charge on any atom is -0.381 e. The maximum absolute atomic E-state index is 12.4. The number of rotatable bonds is 6. The number of nitrogens with zero attached hydrogens (tertiary/aromatic N) is 1. The lowest BCUT2D eigenvalue weighted by Crippen LogP contribution is -2.23. The van der Waals surface area contributed by atoms with Gasteiger partial charge in [0.05, 0.1) is 11.6 Å². The van der Waals surface area contributed by atoms with Gasteiger partial charge in [-0.15, -0.1) is 0 Å². The van der Waals surface area contributed by atoms with Crippen molar-refractivity contribution < 1.29 is 4.79 Å². The maximum atomic E-state index is 12.4. The Morgan fingerprint density at radius 2 is 1.78 bits per heavy atom. The number of benzene rings is 3. The molecule has 0 unspecified atom stereocenters. The summed E-state index contributed by atoms with van der Waals surface area (Å²) in [7, 11) is 0. The molecule has 3 aromatic rings. The molecule has 0 fully saturated rings. The second-order valence-corrected chi connectivity index (χ2v) is 6.38. The summed E-state index contributed by atoms with van der Waals surface area (Å²) in [6, 6.07) is 25.2. The van der Waals surface area contributed by atoms with Gasteiger partial charge in [0.15, 0.2) is 0 Å². The van der Waals surface area contributed by atoms with Crippen LogP contribution in [-0.4, -0.2) is 5.91 Å². The fourth-order valence-electron chi connectivity index (χ4n) is 2.82. The normalized spacial score (nSPS) is 10.1. The number of carbonyl (C=O) groups is 1. The van der Waals surface area contributed by atoms with E-state index in [4.69, 9.17) is 0 Å². The molecule has 0 radical (unpaired) electrons. The van der Waals surface area contributed by atoms with Crippen molar-refractivity contribution in [1.29, 1.82) is 5.26 Å². The Kier molecular flexibility index (Phi) is 5.86. The van der Waals surface area contributed by atoms with Crippen LogP contribution in [0.1, 0.15) is 32.6 Å². The van der Waals surface area contributed by atoms with Gasteiger partial charge in [-0.05, 0) is 42.3 Å². The van der Waals surface area contributed by atoms with Crippen LogP contribution in [0.3, 0.4) is 0 Å². The molecule has 0 atom stereocenters. The van der Waals surface area contributed by atoms with Gasteiger partial charge in [0.1, 0.15) is 0 Å². The van der Waals surface area contributed by atoms with Crippen LogP contribution in [0.15, 0.2) is 72.8 Å². The Bertz CT molecular complexity index is 974. The van der Waals surface area contributed by atoms with Crippen molar-refractivity contribution in [3.8, 4) is 6.07 Å². The Morgan fingerprint density at radius 1 is 0.963 bits per heavy atom. The Balaban J connectivity index is 1.72. The number of aryl methyl sites for hydroxylation is 1. The highest BCUT2D eigenvalue weighted by Crippen LogP contribution is 2.19. The van der Waals surface area contributed by atoms with E-state index in [1.807, 2.05) is 67.6 Å². The van der Waals surface area contributed by atoms with Crippen molar-refractivity contribution in [3.05, 3.63) is 101 Å². The van der Waals surface area contributed by atoms with Gasteiger partial charge in [-0.2, -0.15) is 5.26 Å². The number of amides is 1. The zero-order valence-corrected chi connectivity index (χ0v) is 15.2.